The van der Waals surface area contributed by atoms with Gasteiger partial charge in [-0.1, -0.05) is 25.3 Å². The van der Waals surface area contributed by atoms with E-state index in [2.05, 4.69) is 25.1 Å². The van der Waals surface area contributed by atoms with Crippen LogP contribution in [0.2, 0.25) is 0 Å². The highest BCUT2D eigenvalue weighted by atomic mass is 32.1. The van der Waals surface area contributed by atoms with Crippen molar-refractivity contribution in [2.45, 2.75) is 45.6 Å². The molecular weight excluding hydrogens is 280 g/mol. The largest absolute Gasteiger partial charge is 0.481 e. The van der Waals surface area contributed by atoms with Crippen molar-refractivity contribution < 1.29 is 9.90 Å². The van der Waals surface area contributed by atoms with Gasteiger partial charge >= 0.3 is 5.97 Å². The lowest BCUT2D eigenvalue weighted by atomic mass is 9.91. The summed E-state index contributed by atoms with van der Waals surface area (Å²) in [7, 11) is 0. The number of hydrogen-bond acceptors (Lipinski definition) is 7. The fourth-order valence-corrected chi connectivity index (χ4v) is 2.66. The van der Waals surface area contributed by atoms with E-state index in [1.54, 1.807) is 6.92 Å². The number of aromatic nitrogens is 6. The maximum atomic E-state index is 10.8. The van der Waals surface area contributed by atoms with Crippen molar-refractivity contribution in [1.82, 2.24) is 29.8 Å². The van der Waals surface area contributed by atoms with Gasteiger partial charge in [-0.3, -0.25) is 4.79 Å². The van der Waals surface area contributed by atoms with Crippen molar-refractivity contribution in [2.24, 2.45) is 0 Å². The predicted molar refractivity (Wildman–Crippen MR) is 72.4 cm³/mol. The molecule has 2 rings (SSSR count). The average Bonchev–Trinajstić information content (AvgIpc) is 2.95. The van der Waals surface area contributed by atoms with E-state index in [1.165, 1.54) is 16.2 Å². The molecule has 2 aromatic rings. The molecule has 0 aliphatic carbocycles. The molecule has 0 spiro atoms. The average molecular weight is 296 g/mol. The Labute approximate surface area is 120 Å². The van der Waals surface area contributed by atoms with Crippen molar-refractivity contribution in [3.63, 3.8) is 0 Å². The SMILES string of the molecule is CC(CC(=O)O)n1nnnc1-c1snnc1C(C)(C)C. The van der Waals surface area contributed by atoms with Crippen molar-refractivity contribution in [3.05, 3.63) is 5.69 Å². The number of aliphatic carboxylic acids is 1. The number of carboxylic acid groups (broad SMARTS) is 1. The van der Waals surface area contributed by atoms with E-state index in [9.17, 15) is 4.79 Å². The molecule has 9 heteroatoms. The number of carboxylic acids is 1. The van der Waals surface area contributed by atoms with E-state index in [0.29, 0.717) is 5.82 Å². The van der Waals surface area contributed by atoms with Crippen LogP contribution < -0.4 is 0 Å². The maximum Gasteiger partial charge on any atom is 0.305 e. The Morgan fingerprint density at radius 2 is 2.10 bits per heavy atom. The molecule has 0 amide bonds. The lowest BCUT2D eigenvalue weighted by Crippen LogP contribution is -2.16. The molecule has 1 atom stereocenters. The number of hydrogen-bond donors (Lipinski definition) is 1. The molecule has 2 aromatic heterocycles. The van der Waals surface area contributed by atoms with Gasteiger partial charge in [-0.2, -0.15) is 0 Å². The van der Waals surface area contributed by atoms with E-state index in [-0.39, 0.29) is 17.9 Å². The molecule has 0 aromatic carbocycles. The van der Waals surface area contributed by atoms with Crippen LogP contribution in [0.5, 0.6) is 0 Å². The molecule has 8 nitrogen and oxygen atoms in total. The van der Waals surface area contributed by atoms with Crippen LogP contribution in [0.25, 0.3) is 10.7 Å². The van der Waals surface area contributed by atoms with Crippen LogP contribution in [0.4, 0.5) is 0 Å². The summed E-state index contributed by atoms with van der Waals surface area (Å²) < 4.78 is 5.48. The Bertz CT molecular complexity index is 614. The Morgan fingerprint density at radius 1 is 1.40 bits per heavy atom. The fraction of sp³-hybridized carbons (Fsp3) is 0.636. The molecule has 1 N–H and O–H groups in total. The monoisotopic (exact) mass is 296 g/mol. The van der Waals surface area contributed by atoms with E-state index in [0.717, 1.165) is 10.6 Å². The fourth-order valence-electron chi connectivity index (χ4n) is 1.81. The third-order valence-electron chi connectivity index (χ3n) is 2.78. The summed E-state index contributed by atoms with van der Waals surface area (Å²) in [5, 5.41) is 24.6. The quantitative estimate of drug-likeness (QED) is 0.911. The highest BCUT2D eigenvalue weighted by Gasteiger charge is 2.27. The smallest absolute Gasteiger partial charge is 0.305 e. The highest BCUT2D eigenvalue weighted by Crippen LogP contribution is 2.33. The van der Waals surface area contributed by atoms with Crippen LogP contribution in [0.3, 0.4) is 0 Å². The van der Waals surface area contributed by atoms with Crippen LogP contribution in [0, 0.1) is 0 Å². The summed E-state index contributed by atoms with van der Waals surface area (Å²) in [6, 6.07) is -0.340. The van der Waals surface area contributed by atoms with E-state index in [4.69, 9.17) is 5.11 Å². The zero-order chi connectivity index (χ0) is 14.9. The van der Waals surface area contributed by atoms with Crippen molar-refractivity contribution in [2.75, 3.05) is 0 Å². The minimum Gasteiger partial charge on any atom is -0.481 e. The Kier molecular flexibility index (Phi) is 3.80. The van der Waals surface area contributed by atoms with Gasteiger partial charge in [-0.05, 0) is 28.9 Å². The van der Waals surface area contributed by atoms with Gasteiger partial charge in [0, 0.05) is 5.41 Å². The van der Waals surface area contributed by atoms with Gasteiger partial charge in [0.2, 0.25) is 0 Å². The number of nitrogens with zero attached hydrogens (tertiary/aromatic N) is 6. The first-order chi connectivity index (χ1) is 9.30. The van der Waals surface area contributed by atoms with Crippen LogP contribution >= 0.6 is 11.5 Å². The Hall–Kier alpha value is -1.90. The molecule has 0 aliphatic rings. The highest BCUT2D eigenvalue weighted by molar-refractivity contribution is 7.09. The van der Waals surface area contributed by atoms with Gasteiger partial charge in [0.05, 0.1) is 18.2 Å². The third-order valence-corrected chi connectivity index (χ3v) is 3.50. The molecular formula is C11H16N6O2S. The first kappa shape index (κ1) is 14.5. The van der Waals surface area contributed by atoms with Gasteiger partial charge in [0.25, 0.3) is 0 Å². The van der Waals surface area contributed by atoms with Crippen LogP contribution in [-0.2, 0) is 10.2 Å². The molecule has 108 valence electrons. The number of tetrazole rings is 1. The molecule has 20 heavy (non-hydrogen) atoms. The molecule has 0 aliphatic heterocycles. The van der Waals surface area contributed by atoms with Crippen molar-refractivity contribution in [1.29, 1.82) is 0 Å². The molecule has 0 radical (unpaired) electrons. The normalized spacial score (nSPS) is 13.4. The first-order valence-corrected chi connectivity index (χ1v) is 6.91. The van der Waals surface area contributed by atoms with Gasteiger partial charge in [0.15, 0.2) is 5.82 Å². The number of carbonyl (C=O) groups is 1. The predicted octanol–water partition coefficient (Wildman–Crippen LogP) is 1.52. The summed E-state index contributed by atoms with van der Waals surface area (Å²) in [6.07, 6.45) is -0.0465. The van der Waals surface area contributed by atoms with E-state index in [1.807, 2.05) is 20.8 Å². The minimum absolute atomic E-state index is 0.0465. The van der Waals surface area contributed by atoms with Crippen LogP contribution in [0.15, 0.2) is 0 Å². The molecule has 0 bridgehead atoms. The third kappa shape index (κ3) is 2.82. The molecule has 0 fully saturated rings. The van der Waals surface area contributed by atoms with Crippen LogP contribution in [0.1, 0.15) is 45.9 Å². The topological polar surface area (TPSA) is 107 Å². The summed E-state index contributed by atoms with van der Waals surface area (Å²) >= 11 is 1.21. The second-order valence-electron chi connectivity index (χ2n) is 5.59. The molecule has 0 saturated heterocycles. The molecule has 0 saturated carbocycles. The van der Waals surface area contributed by atoms with Crippen molar-refractivity contribution in [3.8, 4) is 10.7 Å². The maximum absolute atomic E-state index is 10.8. The summed E-state index contributed by atoms with van der Waals surface area (Å²) in [5.41, 5.74) is 0.621. The first-order valence-electron chi connectivity index (χ1n) is 6.13. The Morgan fingerprint density at radius 3 is 2.70 bits per heavy atom. The standard InChI is InChI=1S/C11H16N6O2S/c1-6(5-7(18)19)17-10(13-14-15-17)8-9(11(2,3)4)12-16-20-8/h6H,5H2,1-4H3,(H,18,19). The zero-order valence-corrected chi connectivity index (χ0v) is 12.5. The zero-order valence-electron chi connectivity index (χ0n) is 11.7. The second kappa shape index (κ2) is 5.23. The Balaban J connectivity index is 2.43. The molecule has 1 unspecified atom stereocenters. The van der Waals surface area contributed by atoms with E-state index >= 15 is 0 Å². The summed E-state index contributed by atoms with van der Waals surface area (Å²) in [5.74, 6) is -0.379. The van der Waals surface area contributed by atoms with Crippen LogP contribution in [-0.4, -0.2) is 40.9 Å². The van der Waals surface area contributed by atoms with Gasteiger partial charge in [-0.15, -0.1) is 10.2 Å². The lowest BCUT2D eigenvalue weighted by molar-refractivity contribution is -0.137. The summed E-state index contributed by atoms with van der Waals surface area (Å²) in [6.45, 7) is 7.85. The van der Waals surface area contributed by atoms with Gasteiger partial charge in [-0.25, -0.2) is 4.68 Å². The second-order valence-corrected chi connectivity index (χ2v) is 6.35. The minimum atomic E-state index is -0.891. The van der Waals surface area contributed by atoms with Gasteiger partial charge < -0.3 is 5.11 Å². The van der Waals surface area contributed by atoms with Gasteiger partial charge in [0.1, 0.15) is 4.88 Å². The summed E-state index contributed by atoms with van der Waals surface area (Å²) in [4.78, 5) is 11.6. The lowest BCUT2D eigenvalue weighted by Gasteiger charge is -2.17. The number of rotatable bonds is 4. The van der Waals surface area contributed by atoms with E-state index < -0.39 is 5.97 Å². The van der Waals surface area contributed by atoms with Crippen molar-refractivity contribution >= 4 is 17.5 Å². The molecule has 2 heterocycles.